The van der Waals surface area contributed by atoms with Gasteiger partial charge in [0.05, 0.1) is 19.8 Å². The van der Waals surface area contributed by atoms with Crippen molar-refractivity contribution in [3.63, 3.8) is 0 Å². The Kier molecular flexibility index (Phi) is 8.10. The maximum Gasteiger partial charge on any atom is 0.194 e. The van der Waals surface area contributed by atoms with Crippen LogP contribution in [0.1, 0.15) is 11.3 Å². The predicted octanol–water partition coefficient (Wildman–Crippen LogP) is 1.73. The molecule has 0 atom stereocenters. The number of anilines is 1. The quantitative estimate of drug-likeness (QED) is 0.404. The number of nitrogens with zero attached hydrogens (tertiary/aromatic N) is 5. The molecule has 0 saturated carbocycles. The zero-order valence-corrected chi connectivity index (χ0v) is 17.4. The number of nitrogens with one attached hydrogen (secondary N) is 1. The van der Waals surface area contributed by atoms with Gasteiger partial charge in [-0.15, -0.1) is 24.0 Å². The number of pyridine rings is 1. The highest BCUT2D eigenvalue weighted by Crippen LogP contribution is 2.14. The van der Waals surface area contributed by atoms with Crippen LogP contribution in [-0.4, -0.2) is 61.4 Å². The molecule has 9 heteroatoms. The Hall–Kier alpha value is -1.88. The van der Waals surface area contributed by atoms with Crippen molar-refractivity contribution < 1.29 is 9.26 Å². The fourth-order valence-corrected chi connectivity index (χ4v) is 2.74. The molecule has 0 aromatic carbocycles. The van der Waals surface area contributed by atoms with Gasteiger partial charge >= 0.3 is 0 Å². The molecule has 142 valence electrons. The Bertz CT molecular complexity index is 688. The third-order valence-corrected chi connectivity index (χ3v) is 4.06. The molecular weight excluding hydrogens is 447 g/mol. The van der Waals surface area contributed by atoms with Crippen molar-refractivity contribution >= 4 is 35.8 Å². The van der Waals surface area contributed by atoms with E-state index in [1.54, 1.807) is 13.3 Å². The summed E-state index contributed by atoms with van der Waals surface area (Å²) in [5, 5.41) is 7.31. The normalized spacial score (nSPS) is 14.7. The van der Waals surface area contributed by atoms with Crippen LogP contribution in [0.4, 0.5) is 5.82 Å². The SMILES string of the molecule is CN=C(NCc1ccnc(N2CCOCC2)c1)N(C)Cc1ccon1.I. The third-order valence-electron chi connectivity index (χ3n) is 4.06. The molecule has 0 bridgehead atoms. The van der Waals surface area contributed by atoms with Gasteiger partial charge in [-0.1, -0.05) is 5.16 Å². The summed E-state index contributed by atoms with van der Waals surface area (Å²) in [5.41, 5.74) is 2.02. The van der Waals surface area contributed by atoms with E-state index in [-0.39, 0.29) is 24.0 Å². The van der Waals surface area contributed by atoms with E-state index in [1.807, 2.05) is 30.3 Å². The molecule has 1 saturated heterocycles. The number of hydrogen-bond acceptors (Lipinski definition) is 6. The van der Waals surface area contributed by atoms with E-state index in [4.69, 9.17) is 9.26 Å². The Morgan fingerprint density at radius 2 is 2.15 bits per heavy atom. The Labute approximate surface area is 170 Å². The van der Waals surface area contributed by atoms with Crippen LogP contribution in [0.3, 0.4) is 0 Å². The summed E-state index contributed by atoms with van der Waals surface area (Å²) in [5.74, 6) is 1.79. The topological polar surface area (TPSA) is 79.0 Å². The van der Waals surface area contributed by atoms with Gasteiger partial charge in [0.2, 0.25) is 0 Å². The number of morpholine rings is 1. The monoisotopic (exact) mass is 472 g/mol. The van der Waals surface area contributed by atoms with Gasteiger partial charge in [-0.2, -0.15) is 0 Å². The van der Waals surface area contributed by atoms with Gasteiger partial charge in [-0.05, 0) is 17.7 Å². The highest BCUT2D eigenvalue weighted by molar-refractivity contribution is 14.0. The summed E-state index contributed by atoms with van der Waals surface area (Å²) < 4.78 is 10.3. The van der Waals surface area contributed by atoms with Crippen molar-refractivity contribution in [2.24, 2.45) is 4.99 Å². The van der Waals surface area contributed by atoms with Crippen molar-refractivity contribution in [3.8, 4) is 0 Å². The van der Waals surface area contributed by atoms with Crippen LogP contribution in [-0.2, 0) is 17.8 Å². The van der Waals surface area contributed by atoms with Crippen molar-refractivity contribution in [3.05, 3.63) is 41.9 Å². The van der Waals surface area contributed by atoms with Gasteiger partial charge in [0.25, 0.3) is 0 Å². The van der Waals surface area contributed by atoms with E-state index in [9.17, 15) is 0 Å². The van der Waals surface area contributed by atoms with Crippen molar-refractivity contribution in [2.45, 2.75) is 13.1 Å². The number of ether oxygens (including phenoxy) is 1. The molecule has 8 nitrogen and oxygen atoms in total. The van der Waals surface area contributed by atoms with Crippen LogP contribution in [0.5, 0.6) is 0 Å². The Morgan fingerprint density at radius 3 is 2.85 bits per heavy atom. The van der Waals surface area contributed by atoms with Gasteiger partial charge < -0.3 is 24.4 Å². The van der Waals surface area contributed by atoms with Crippen molar-refractivity contribution in [2.75, 3.05) is 45.3 Å². The third kappa shape index (κ3) is 5.56. The summed E-state index contributed by atoms with van der Waals surface area (Å²) >= 11 is 0. The van der Waals surface area contributed by atoms with E-state index >= 15 is 0 Å². The van der Waals surface area contributed by atoms with Crippen LogP contribution in [0.25, 0.3) is 0 Å². The van der Waals surface area contributed by atoms with E-state index in [1.165, 1.54) is 0 Å². The van der Waals surface area contributed by atoms with Crippen LogP contribution in [0.2, 0.25) is 0 Å². The van der Waals surface area contributed by atoms with Crippen LogP contribution in [0, 0.1) is 0 Å². The van der Waals surface area contributed by atoms with E-state index < -0.39 is 0 Å². The molecular formula is C17H25IN6O2. The fraction of sp³-hybridized carbons (Fsp3) is 0.471. The van der Waals surface area contributed by atoms with Gasteiger partial charge in [-0.25, -0.2) is 4.98 Å². The number of guanidine groups is 1. The molecule has 0 unspecified atom stereocenters. The predicted molar refractivity (Wildman–Crippen MR) is 111 cm³/mol. The van der Waals surface area contributed by atoms with Crippen LogP contribution in [0.15, 0.2) is 40.2 Å². The number of hydrogen-bond donors (Lipinski definition) is 1. The largest absolute Gasteiger partial charge is 0.378 e. The lowest BCUT2D eigenvalue weighted by Crippen LogP contribution is -2.38. The molecule has 0 aliphatic carbocycles. The Morgan fingerprint density at radius 1 is 1.35 bits per heavy atom. The maximum absolute atomic E-state index is 5.40. The molecule has 1 fully saturated rings. The summed E-state index contributed by atoms with van der Waals surface area (Å²) in [4.78, 5) is 13.1. The second-order valence-corrected chi connectivity index (χ2v) is 5.87. The number of aliphatic imine (C=N–C) groups is 1. The molecule has 2 aromatic heterocycles. The average molecular weight is 472 g/mol. The minimum atomic E-state index is 0. The zero-order chi connectivity index (χ0) is 17.5. The average Bonchev–Trinajstić information content (AvgIpc) is 3.16. The Balaban J connectivity index is 0.00000243. The van der Waals surface area contributed by atoms with Gasteiger partial charge in [0, 0.05) is 46.0 Å². The lowest BCUT2D eigenvalue weighted by atomic mass is 10.2. The molecule has 0 spiro atoms. The second kappa shape index (κ2) is 10.3. The molecule has 1 N–H and O–H groups in total. The first kappa shape index (κ1) is 20.4. The standard InChI is InChI=1S/C17H24N6O2.HI/c1-18-17(22(2)13-15-4-8-25-21-15)20-12-14-3-5-19-16(11-14)23-6-9-24-10-7-23;/h3-5,8,11H,6-7,9-10,12-13H2,1-2H3,(H,18,20);1H. The lowest BCUT2D eigenvalue weighted by Gasteiger charge is -2.28. The number of rotatable bonds is 5. The van der Waals surface area contributed by atoms with Gasteiger partial charge in [0.15, 0.2) is 5.96 Å². The second-order valence-electron chi connectivity index (χ2n) is 5.87. The van der Waals surface area contributed by atoms with E-state index in [0.29, 0.717) is 13.1 Å². The number of aromatic nitrogens is 2. The van der Waals surface area contributed by atoms with Crippen molar-refractivity contribution in [1.29, 1.82) is 0 Å². The van der Waals surface area contributed by atoms with Gasteiger partial charge in [0.1, 0.15) is 17.8 Å². The highest BCUT2D eigenvalue weighted by atomic mass is 127. The molecule has 26 heavy (non-hydrogen) atoms. The molecule has 0 radical (unpaired) electrons. The first-order valence-electron chi connectivity index (χ1n) is 8.35. The summed E-state index contributed by atoms with van der Waals surface area (Å²) in [6, 6.07) is 5.98. The smallest absolute Gasteiger partial charge is 0.194 e. The highest BCUT2D eigenvalue weighted by Gasteiger charge is 2.13. The molecule has 3 heterocycles. The maximum atomic E-state index is 5.40. The minimum absolute atomic E-state index is 0. The van der Waals surface area contributed by atoms with Crippen molar-refractivity contribution in [1.82, 2.24) is 20.4 Å². The first-order valence-corrected chi connectivity index (χ1v) is 8.35. The molecule has 1 aliphatic heterocycles. The summed E-state index contributed by atoms with van der Waals surface area (Å²) in [7, 11) is 3.74. The molecule has 2 aromatic rings. The minimum Gasteiger partial charge on any atom is -0.378 e. The van der Waals surface area contributed by atoms with Crippen LogP contribution < -0.4 is 10.2 Å². The van der Waals surface area contributed by atoms with Crippen LogP contribution >= 0.6 is 24.0 Å². The summed E-state index contributed by atoms with van der Waals surface area (Å²) in [6.45, 7) is 4.58. The molecule has 0 amide bonds. The fourth-order valence-electron chi connectivity index (χ4n) is 2.74. The summed E-state index contributed by atoms with van der Waals surface area (Å²) in [6.07, 6.45) is 3.42. The van der Waals surface area contributed by atoms with Gasteiger partial charge in [-0.3, -0.25) is 4.99 Å². The zero-order valence-electron chi connectivity index (χ0n) is 15.1. The lowest BCUT2D eigenvalue weighted by molar-refractivity contribution is 0.122. The number of halogens is 1. The first-order chi connectivity index (χ1) is 12.3. The van der Waals surface area contributed by atoms with E-state index in [0.717, 1.165) is 49.3 Å². The van der Waals surface area contributed by atoms with E-state index in [2.05, 4.69) is 31.4 Å². The molecule has 1 aliphatic rings. The molecule has 3 rings (SSSR count).